The van der Waals surface area contributed by atoms with Gasteiger partial charge in [-0.3, -0.25) is 0 Å². The van der Waals surface area contributed by atoms with E-state index in [0.29, 0.717) is 0 Å². The van der Waals surface area contributed by atoms with E-state index >= 15 is 0 Å². The average molecular weight is 480 g/mol. The Bertz CT molecular complexity index is 814. The van der Waals surface area contributed by atoms with Gasteiger partial charge in [-0.05, 0) is 74.5 Å². The molecule has 0 unspecified atom stereocenters. The lowest BCUT2D eigenvalue weighted by atomic mass is 10.0. The zero-order valence-corrected chi connectivity index (χ0v) is 22.2. The van der Waals surface area contributed by atoms with Gasteiger partial charge in [0, 0.05) is 6.04 Å². The van der Waals surface area contributed by atoms with Gasteiger partial charge in [0.25, 0.3) is 0 Å². The summed E-state index contributed by atoms with van der Waals surface area (Å²) in [5.41, 5.74) is 1.55. The van der Waals surface area contributed by atoms with E-state index in [1.54, 1.807) is 48.5 Å². The van der Waals surface area contributed by atoms with Crippen LogP contribution in [0.4, 0.5) is 9.59 Å². The number of hydrazine groups is 1. The van der Waals surface area contributed by atoms with Crippen LogP contribution in [0.25, 0.3) is 0 Å². The fourth-order valence-corrected chi connectivity index (χ4v) is 2.98. The van der Waals surface area contributed by atoms with Crippen LogP contribution in [0.2, 0.25) is 0 Å². The second-order valence-electron chi connectivity index (χ2n) is 10.4. The maximum Gasteiger partial charge on any atom is 0.430 e. The fourth-order valence-electron chi connectivity index (χ4n) is 2.98. The summed E-state index contributed by atoms with van der Waals surface area (Å²) >= 11 is 0. The van der Waals surface area contributed by atoms with Crippen molar-refractivity contribution < 1.29 is 28.6 Å². The van der Waals surface area contributed by atoms with E-state index in [-0.39, 0.29) is 12.5 Å². The Labute approximate surface area is 203 Å². The second-order valence-corrected chi connectivity index (χ2v) is 10.4. The summed E-state index contributed by atoms with van der Waals surface area (Å²) in [5.74, 6) is -0.674. The van der Waals surface area contributed by atoms with Crippen LogP contribution in [0.5, 0.6) is 0 Å². The molecule has 192 valence electrons. The maximum atomic E-state index is 13.4. The minimum absolute atomic E-state index is 0.155. The first kappa shape index (κ1) is 29.2. The molecular formula is C25H41N3O6. The third-order valence-corrected chi connectivity index (χ3v) is 4.80. The van der Waals surface area contributed by atoms with Crippen molar-refractivity contribution in [1.29, 1.82) is 0 Å². The van der Waals surface area contributed by atoms with Gasteiger partial charge < -0.3 is 19.1 Å². The van der Waals surface area contributed by atoms with Crippen LogP contribution >= 0.6 is 0 Å². The largest absolute Gasteiger partial charge is 0.454 e. The van der Waals surface area contributed by atoms with Crippen LogP contribution in [0.1, 0.15) is 73.5 Å². The quantitative estimate of drug-likeness (QED) is 0.345. The molecule has 2 amide bonds. The van der Waals surface area contributed by atoms with E-state index in [1.165, 1.54) is 0 Å². The minimum Gasteiger partial charge on any atom is -0.454 e. The van der Waals surface area contributed by atoms with Crippen LogP contribution in [0.15, 0.2) is 30.3 Å². The van der Waals surface area contributed by atoms with Gasteiger partial charge in [-0.2, -0.15) is 0 Å². The van der Waals surface area contributed by atoms with E-state index < -0.39 is 41.5 Å². The Kier molecular flexibility index (Phi) is 10.4. The highest BCUT2D eigenvalue weighted by atomic mass is 16.6. The number of nitrogens with zero attached hydrogens (tertiary/aromatic N) is 2. The lowest BCUT2D eigenvalue weighted by Gasteiger charge is -2.34. The van der Waals surface area contributed by atoms with Gasteiger partial charge in [0.05, 0.1) is 0 Å². The van der Waals surface area contributed by atoms with Gasteiger partial charge in [0.1, 0.15) is 17.3 Å². The van der Waals surface area contributed by atoms with Crippen molar-refractivity contribution >= 4 is 18.2 Å². The molecule has 1 rings (SSSR count). The lowest BCUT2D eigenvalue weighted by molar-refractivity contribution is -0.160. The SMILES string of the molecule is CC[C@H](C(=O)O[C@H](c1ccccc1)[C@H](C)N(C)C)N(NC(=O)OC(C)(C)C)C(=O)OC(C)(C)C. The van der Waals surface area contributed by atoms with Crippen molar-refractivity contribution in [3.05, 3.63) is 35.9 Å². The van der Waals surface area contributed by atoms with Crippen LogP contribution in [-0.4, -0.2) is 65.4 Å². The molecule has 0 saturated heterocycles. The molecule has 0 bridgehead atoms. The Hall–Kier alpha value is -2.81. The summed E-state index contributed by atoms with van der Waals surface area (Å²) in [6.07, 6.45) is -2.20. The van der Waals surface area contributed by atoms with Crippen molar-refractivity contribution in [3.8, 4) is 0 Å². The second kappa shape index (κ2) is 12.1. The highest BCUT2D eigenvalue weighted by Gasteiger charge is 2.37. The number of benzene rings is 1. The monoisotopic (exact) mass is 479 g/mol. The molecular weight excluding hydrogens is 438 g/mol. The van der Waals surface area contributed by atoms with E-state index in [2.05, 4.69) is 5.43 Å². The molecule has 1 N–H and O–H groups in total. The summed E-state index contributed by atoms with van der Waals surface area (Å²) in [5, 5.41) is 0.851. The molecule has 0 saturated carbocycles. The first-order chi connectivity index (χ1) is 15.6. The van der Waals surface area contributed by atoms with Gasteiger partial charge in [-0.25, -0.2) is 24.8 Å². The predicted octanol–water partition coefficient (Wildman–Crippen LogP) is 4.68. The summed E-state index contributed by atoms with van der Waals surface area (Å²) in [4.78, 5) is 40.8. The fraction of sp³-hybridized carbons (Fsp3) is 0.640. The zero-order valence-electron chi connectivity index (χ0n) is 22.2. The first-order valence-corrected chi connectivity index (χ1v) is 11.5. The number of rotatable bonds is 7. The number of esters is 1. The smallest absolute Gasteiger partial charge is 0.430 e. The maximum absolute atomic E-state index is 13.4. The van der Waals surface area contributed by atoms with Gasteiger partial charge in [-0.1, -0.05) is 37.3 Å². The molecule has 34 heavy (non-hydrogen) atoms. The summed E-state index contributed by atoms with van der Waals surface area (Å²) in [6.45, 7) is 13.8. The van der Waals surface area contributed by atoms with Crippen molar-refractivity contribution in [3.63, 3.8) is 0 Å². The number of ether oxygens (including phenoxy) is 3. The molecule has 0 aliphatic carbocycles. The van der Waals surface area contributed by atoms with Crippen LogP contribution in [-0.2, 0) is 19.0 Å². The number of likely N-dealkylation sites (N-methyl/N-ethyl adjacent to an activating group) is 1. The van der Waals surface area contributed by atoms with Crippen molar-refractivity contribution in [2.75, 3.05) is 14.1 Å². The number of amides is 2. The third kappa shape index (κ3) is 9.59. The summed E-state index contributed by atoms with van der Waals surface area (Å²) < 4.78 is 16.7. The first-order valence-electron chi connectivity index (χ1n) is 11.5. The molecule has 1 aromatic rings. The molecule has 0 spiro atoms. The molecule has 0 aliphatic rings. The molecule has 9 nitrogen and oxygen atoms in total. The Morgan fingerprint density at radius 3 is 1.91 bits per heavy atom. The number of hydrogen-bond donors (Lipinski definition) is 1. The Balaban J connectivity index is 3.26. The number of hydrogen-bond acceptors (Lipinski definition) is 7. The summed E-state index contributed by atoms with van der Waals surface area (Å²) in [6, 6.07) is 8.08. The normalized spacial score (nSPS) is 14.6. The Morgan fingerprint density at radius 1 is 0.941 bits per heavy atom. The van der Waals surface area contributed by atoms with Crippen LogP contribution in [0, 0.1) is 0 Å². The van der Waals surface area contributed by atoms with Gasteiger partial charge in [-0.15, -0.1) is 0 Å². The molecule has 1 aromatic carbocycles. The van der Waals surface area contributed by atoms with E-state index in [9.17, 15) is 14.4 Å². The Morgan fingerprint density at radius 2 is 1.47 bits per heavy atom. The van der Waals surface area contributed by atoms with Gasteiger partial charge in [0.2, 0.25) is 0 Å². The van der Waals surface area contributed by atoms with Crippen LogP contribution < -0.4 is 5.43 Å². The molecule has 0 aliphatic heterocycles. The van der Waals surface area contributed by atoms with E-state index in [4.69, 9.17) is 14.2 Å². The molecule has 9 heteroatoms. The molecule has 0 heterocycles. The van der Waals surface area contributed by atoms with Crippen LogP contribution in [0.3, 0.4) is 0 Å². The number of nitrogens with one attached hydrogen (secondary N) is 1. The molecule has 0 radical (unpaired) electrons. The van der Waals surface area contributed by atoms with E-state index in [0.717, 1.165) is 10.6 Å². The minimum atomic E-state index is -1.14. The highest BCUT2D eigenvalue weighted by molar-refractivity contribution is 5.83. The lowest BCUT2D eigenvalue weighted by Crippen LogP contribution is -2.57. The van der Waals surface area contributed by atoms with Crippen molar-refractivity contribution in [2.24, 2.45) is 0 Å². The summed E-state index contributed by atoms with van der Waals surface area (Å²) in [7, 11) is 3.78. The van der Waals surface area contributed by atoms with Crippen molar-refractivity contribution in [1.82, 2.24) is 15.3 Å². The van der Waals surface area contributed by atoms with Crippen molar-refractivity contribution in [2.45, 2.75) is 91.2 Å². The predicted molar refractivity (Wildman–Crippen MR) is 130 cm³/mol. The number of carbonyl (C=O) groups is 3. The number of carbonyl (C=O) groups excluding carboxylic acids is 3. The highest BCUT2D eigenvalue weighted by Crippen LogP contribution is 2.26. The molecule has 0 fully saturated rings. The zero-order chi connectivity index (χ0) is 26.3. The average Bonchev–Trinajstić information content (AvgIpc) is 2.69. The standard InChI is InChI=1S/C25H41N3O6/c1-11-19(21(29)32-20(17(2)27(9)10)18-15-13-12-14-16-18)28(23(31)34-25(6,7)8)26-22(30)33-24(3,4)5/h12-17,19-20H,11H2,1-10H3,(H,26,30)/t17-,19+,20-/m0/s1. The topological polar surface area (TPSA) is 97.4 Å². The van der Waals surface area contributed by atoms with Gasteiger partial charge in [0.15, 0.2) is 6.04 Å². The van der Waals surface area contributed by atoms with Gasteiger partial charge >= 0.3 is 18.2 Å². The molecule has 3 atom stereocenters. The third-order valence-electron chi connectivity index (χ3n) is 4.80. The van der Waals surface area contributed by atoms with E-state index in [1.807, 2.05) is 56.3 Å². The molecule has 0 aromatic heterocycles.